The highest BCUT2D eigenvalue weighted by molar-refractivity contribution is 5.92. The lowest BCUT2D eigenvalue weighted by molar-refractivity contribution is 0.00232. The number of carbonyl (C=O) groups excluding carboxylic acids is 1. The van der Waals surface area contributed by atoms with E-state index < -0.39 is 0 Å². The van der Waals surface area contributed by atoms with Crippen LogP contribution in [-0.4, -0.2) is 56.9 Å². The summed E-state index contributed by atoms with van der Waals surface area (Å²) in [6.45, 7) is 1.81. The van der Waals surface area contributed by atoms with Crippen LogP contribution in [0.2, 0.25) is 0 Å². The number of carbonyl (C=O) groups is 1. The predicted molar refractivity (Wildman–Crippen MR) is 96.9 cm³/mol. The van der Waals surface area contributed by atoms with Gasteiger partial charge >= 0.3 is 0 Å². The Balaban J connectivity index is 1.27. The third-order valence-electron chi connectivity index (χ3n) is 4.56. The molecule has 8 heteroatoms. The third kappa shape index (κ3) is 4.22. The molecule has 0 bridgehead atoms. The molecule has 0 spiro atoms. The molecule has 1 unspecified atom stereocenters. The molecule has 1 saturated heterocycles. The minimum atomic E-state index is -0.0357. The number of nitrogens with one attached hydrogen (secondary N) is 1. The summed E-state index contributed by atoms with van der Waals surface area (Å²) in [5.41, 5.74) is 1.41. The van der Waals surface area contributed by atoms with Gasteiger partial charge in [0.2, 0.25) is 0 Å². The van der Waals surface area contributed by atoms with E-state index in [4.69, 9.17) is 9.26 Å². The van der Waals surface area contributed by atoms with Crippen molar-refractivity contribution in [3.63, 3.8) is 0 Å². The van der Waals surface area contributed by atoms with Crippen LogP contribution in [-0.2, 0) is 11.2 Å². The fourth-order valence-electron chi connectivity index (χ4n) is 3.17. The van der Waals surface area contributed by atoms with Crippen LogP contribution < -0.4 is 0 Å². The van der Waals surface area contributed by atoms with Crippen molar-refractivity contribution in [3.8, 4) is 11.5 Å². The number of amides is 1. The standard InChI is InChI=1S/C19H21N5O3/c25-19(16-8-10-20-22-16)24-11-4-7-15(13-24)26-12-9-17-21-18(27-23-17)14-5-2-1-3-6-14/h1-3,5-6,8,10,15H,4,7,9,11-13H2,(H,20,22). The van der Waals surface area contributed by atoms with E-state index in [2.05, 4.69) is 20.3 Å². The molecule has 8 nitrogen and oxygen atoms in total. The Morgan fingerprint density at radius 3 is 3.00 bits per heavy atom. The van der Waals surface area contributed by atoms with Gasteiger partial charge in [-0.2, -0.15) is 10.1 Å². The minimum Gasteiger partial charge on any atom is -0.376 e. The number of ether oxygens (including phenoxy) is 1. The molecule has 2 aromatic heterocycles. The number of hydrogen-bond acceptors (Lipinski definition) is 6. The molecule has 1 aliphatic heterocycles. The Morgan fingerprint density at radius 2 is 2.19 bits per heavy atom. The highest BCUT2D eigenvalue weighted by Gasteiger charge is 2.25. The molecule has 0 radical (unpaired) electrons. The summed E-state index contributed by atoms with van der Waals surface area (Å²) in [6.07, 6.45) is 4.03. The molecular formula is C19H21N5O3. The molecule has 0 aliphatic carbocycles. The second-order valence-corrected chi connectivity index (χ2v) is 6.49. The largest absolute Gasteiger partial charge is 0.376 e. The smallest absolute Gasteiger partial charge is 0.271 e. The van der Waals surface area contributed by atoms with Crippen molar-refractivity contribution in [1.29, 1.82) is 0 Å². The van der Waals surface area contributed by atoms with E-state index in [9.17, 15) is 4.79 Å². The van der Waals surface area contributed by atoms with Crippen molar-refractivity contribution in [3.05, 3.63) is 54.1 Å². The Bertz CT molecular complexity index is 863. The summed E-state index contributed by atoms with van der Waals surface area (Å²) in [4.78, 5) is 18.6. The highest BCUT2D eigenvalue weighted by atomic mass is 16.5. The van der Waals surface area contributed by atoms with Crippen LogP contribution in [0.5, 0.6) is 0 Å². The fraction of sp³-hybridized carbons (Fsp3) is 0.368. The number of benzene rings is 1. The zero-order valence-corrected chi connectivity index (χ0v) is 14.9. The van der Waals surface area contributed by atoms with Gasteiger partial charge < -0.3 is 14.2 Å². The summed E-state index contributed by atoms with van der Waals surface area (Å²) in [6, 6.07) is 11.4. The topological polar surface area (TPSA) is 97.1 Å². The first-order chi connectivity index (χ1) is 13.3. The molecule has 1 atom stereocenters. The van der Waals surface area contributed by atoms with Crippen molar-refractivity contribution < 1.29 is 14.1 Å². The SMILES string of the molecule is O=C(c1ccn[nH]1)N1CCCC(OCCc2noc(-c3ccccc3)n2)C1. The maximum absolute atomic E-state index is 12.4. The number of nitrogens with zero attached hydrogens (tertiary/aromatic N) is 4. The van der Waals surface area contributed by atoms with Crippen LogP contribution in [0.15, 0.2) is 47.1 Å². The number of aromatic nitrogens is 4. The van der Waals surface area contributed by atoms with Gasteiger partial charge in [-0.3, -0.25) is 9.89 Å². The number of likely N-dealkylation sites (tertiary alicyclic amines) is 1. The van der Waals surface area contributed by atoms with Crippen LogP contribution in [0.25, 0.3) is 11.5 Å². The first kappa shape index (κ1) is 17.4. The Hall–Kier alpha value is -3.00. The number of aromatic amines is 1. The molecule has 0 saturated carbocycles. The van der Waals surface area contributed by atoms with E-state index in [1.165, 1.54) is 0 Å². The van der Waals surface area contributed by atoms with Crippen LogP contribution in [0, 0.1) is 0 Å². The normalized spacial score (nSPS) is 17.2. The van der Waals surface area contributed by atoms with Gasteiger partial charge in [-0.15, -0.1) is 0 Å². The van der Waals surface area contributed by atoms with Crippen molar-refractivity contribution in [2.24, 2.45) is 0 Å². The maximum atomic E-state index is 12.4. The molecule has 3 heterocycles. The van der Waals surface area contributed by atoms with Gasteiger partial charge in [0.1, 0.15) is 5.69 Å². The van der Waals surface area contributed by atoms with Crippen molar-refractivity contribution in [2.75, 3.05) is 19.7 Å². The molecule has 1 N–H and O–H groups in total. The van der Waals surface area contributed by atoms with E-state index >= 15 is 0 Å². The van der Waals surface area contributed by atoms with Crippen molar-refractivity contribution >= 4 is 5.91 Å². The summed E-state index contributed by atoms with van der Waals surface area (Å²) in [5, 5.41) is 10.6. The Kier molecular flexibility index (Phi) is 5.24. The minimum absolute atomic E-state index is 0.0196. The molecular weight excluding hydrogens is 346 g/mol. The van der Waals surface area contributed by atoms with Gasteiger partial charge in [-0.05, 0) is 31.0 Å². The molecule has 27 heavy (non-hydrogen) atoms. The summed E-state index contributed by atoms with van der Waals surface area (Å²) >= 11 is 0. The van der Waals surface area contributed by atoms with Gasteiger partial charge in [0.15, 0.2) is 5.82 Å². The number of hydrogen-bond donors (Lipinski definition) is 1. The maximum Gasteiger partial charge on any atom is 0.271 e. The summed E-state index contributed by atoms with van der Waals surface area (Å²) in [5.74, 6) is 1.10. The zero-order valence-electron chi connectivity index (χ0n) is 14.9. The quantitative estimate of drug-likeness (QED) is 0.718. The summed E-state index contributed by atoms with van der Waals surface area (Å²) < 4.78 is 11.3. The lowest BCUT2D eigenvalue weighted by Crippen LogP contribution is -2.43. The second-order valence-electron chi connectivity index (χ2n) is 6.49. The number of piperidine rings is 1. The zero-order chi connectivity index (χ0) is 18.5. The van der Waals surface area contributed by atoms with Gasteiger partial charge in [-0.1, -0.05) is 23.4 Å². The fourth-order valence-corrected chi connectivity index (χ4v) is 3.17. The first-order valence-corrected chi connectivity index (χ1v) is 9.08. The summed E-state index contributed by atoms with van der Waals surface area (Å²) in [7, 11) is 0. The van der Waals surface area contributed by atoms with E-state index in [0.717, 1.165) is 24.9 Å². The Labute approximate surface area is 156 Å². The molecule has 140 valence electrons. The van der Waals surface area contributed by atoms with Crippen LogP contribution >= 0.6 is 0 Å². The van der Waals surface area contributed by atoms with E-state index in [-0.39, 0.29) is 12.0 Å². The molecule has 1 aliphatic rings. The van der Waals surface area contributed by atoms with E-state index in [1.807, 2.05) is 35.2 Å². The Morgan fingerprint density at radius 1 is 1.30 bits per heavy atom. The van der Waals surface area contributed by atoms with Gasteiger partial charge in [0, 0.05) is 31.3 Å². The highest BCUT2D eigenvalue weighted by Crippen LogP contribution is 2.18. The first-order valence-electron chi connectivity index (χ1n) is 9.08. The second kappa shape index (κ2) is 8.13. The molecule has 1 fully saturated rings. The average molecular weight is 367 g/mol. The lowest BCUT2D eigenvalue weighted by atomic mass is 10.1. The monoisotopic (exact) mass is 367 g/mol. The van der Waals surface area contributed by atoms with Crippen molar-refractivity contribution in [1.82, 2.24) is 25.2 Å². The molecule has 3 aromatic rings. The third-order valence-corrected chi connectivity index (χ3v) is 4.56. The van der Waals surface area contributed by atoms with Gasteiger partial charge in [0.05, 0.1) is 12.7 Å². The van der Waals surface area contributed by atoms with E-state index in [0.29, 0.717) is 37.0 Å². The van der Waals surface area contributed by atoms with E-state index in [1.54, 1.807) is 12.3 Å². The molecule has 1 amide bonds. The van der Waals surface area contributed by atoms with Crippen LogP contribution in [0.3, 0.4) is 0 Å². The average Bonchev–Trinajstić information content (AvgIpc) is 3.41. The van der Waals surface area contributed by atoms with Gasteiger partial charge in [0.25, 0.3) is 11.8 Å². The number of H-pyrrole nitrogens is 1. The van der Waals surface area contributed by atoms with Crippen LogP contribution in [0.4, 0.5) is 0 Å². The molecule has 4 rings (SSSR count). The van der Waals surface area contributed by atoms with Crippen molar-refractivity contribution in [2.45, 2.75) is 25.4 Å². The lowest BCUT2D eigenvalue weighted by Gasteiger charge is -2.32. The molecule has 1 aromatic carbocycles. The number of rotatable bonds is 6. The van der Waals surface area contributed by atoms with Crippen LogP contribution in [0.1, 0.15) is 29.2 Å². The van der Waals surface area contributed by atoms with Gasteiger partial charge in [-0.25, -0.2) is 0 Å². The predicted octanol–water partition coefficient (Wildman–Crippen LogP) is 2.32.